The van der Waals surface area contributed by atoms with Crippen LogP contribution in [0.5, 0.6) is 0 Å². The molecule has 4 heteroatoms. The maximum absolute atomic E-state index is 13.1. The highest BCUT2D eigenvalue weighted by atomic mass is 35.5. The Kier molecular flexibility index (Phi) is 4.53. The highest BCUT2D eigenvalue weighted by molar-refractivity contribution is 6.31. The van der Waals surface area contributed by atoms with Crippen molar-refractivity contribution in [3.63, 3.8) is 0 Å². The summed E-state index contributed by atoms with van der Waals surface area (Å²) in [4.78, 5) is 0. The number of hydrogen-bond acceptors (Lipinski definition) is 2. The van der Waals surface area contributed by atoms with Gasteiger partial charge in [-0.1, -0.05) is 35.9 Å². The van der Waals surface area contributed by atoms with Gasteiger partial charge in [0.2, 0.25) is 0 Å². The van der Waals surface area contributed by atoms with E-state index < -0.39 is 0 Å². The van der Waals surface area contributed by atoms with Crippen LogP contribution in [-0.2, 0) is 6.42 Å². The molecule has 2 rings (SSSR count). The molecule has 0 aliphatic carbocycles. The lowest BCUT2D eigenvalue weighted by Gasteiger charge is -2.19. The average molecular weight is 279 g/mol. The summed E-state index contributed by atoms with van der Waals surface area (Å²) in [6.07, 6.45) is 0.655. The van der Waals surface area contributed by atoms with E-state index in [1.54, 1.807) is 6.07 Å². The predicted octanol–water partition coefficient (Wildman–Crippen LogP) is 3.53. The van der Waals surface area contributed by atoms with E-state index >= 15 is 0 Å². The molecule has 0 fully saturated rings. The summed E-state index contributed by atoms with van der Waals surface area (Å²) in [5.41, 5.74) is 5.63. The Hall–Kier alpha value is -1.42. The summed E-state index contributed by atoms with van der Waals surface area (Å²) >= 11 is 6.15. The zero-order valence-electron chi connectivity index (χ0n) is 10.7. The topological polar surface area (TPSA) is 38.0 Å². The zero-order chi connectivity index (χ0) is 13.8. The van der Waals surface area contributed by atoms with Gasteiger partial charge >= 0.3 is 0 Å². The van der Waals surface area contributed by atoms with Crippen LogP contribution < -0.4 is 11.3 Å². The quantitative estimate of drug-likeness (QED) is 0.663. The minimum Gasteiger partial charge on any atom is -0.271 e. The number of hydrogen-bond donors (Lipinski definition) is 2. The third kappa shape index (κ3) is 3.32. The highest BCUT2D eigenvalue weighted by Crippen LogP contribution is 2.25. The second-order valence-electron chi connectivity index (χ2n) is 4.52. The van der Waals surface area contributed by atoms with E-state index in [2.05, 4.69) is 5.43 Å². The molecule has 19 heavy (non-hydrogen) atoms. The first kappa shape index (κ1) is 14.0. The minimum absolute atomic E-state index is 0.0968. The predicted molar refractivity (Wildman–Crippen MR) is 76.4 cm³/mol. The fraction of sp³-hybridized carbons (Fsp3) is 0.200. The molecule has 3 N–H and O–H groups in total. The molecule has 0 heterocycles. The summed E-state index contributed by atoms with van der Waals surface area (Å²) < 4.78 is 13.1. The van der Waals surface area contributed by atoms with Crippen molar-refractivity contribution in [3.8, 4) is 0 Å². The van der Waals surface area contributed by atoms with Crippen molar-refractivity contribution in [2.45, 2.75) is 19.4 Å². The van der Waals surface area contributed by atoms with Crippen molar-refractivity contribution < 1.29 is 4.39 Å². The van der Waals surface area contributed by atoms with Crippen molar-refractivity contribution in [1.29, 1.82) is 0 Å². The van der Waals surface area contributed by atoms with Crippen LogP contribution >= 0.6 is 11.6 Å². The normalized spacial score (nSPS) is 12.4. The van der Waals surface area contributed by atoms with Crippen LogP contribution in [0, 0.1) is 12.7 Å². The summed E-state index contributed by atoms with van der Waals surface area (Å²) in [5.74, 6) is 5.38. The van der Waals surface area contributed by atoms with Gasteiger partial charge in [-0.15, -0.1) is 0 Å². The second-order valence-corrected chi connectivity index (χ2v) is 4.92. The van der Waals surface area contributed by atoms with Crippen LogP contribution in [0.15, 0.2) is 42.5 Å². The van der Waals surface area contributed by atoms with Gasteiger partial charge in [-0.25, -0.2) is 4.39 Å². The number of halogens is 2. The molecular formula is C15H16ClFN2. The van der Waals surface area contributed by atoms with Gasteiger partial charge in [-0.3, -0.25) is 11.3 Å². The highest BCUT2D eigenvalue weighted by Gasteiger charge is 2.14. The maximum Gasteiger partial charge on any atom is 0.123 e. The summed E-state index contributed by atoms with van der Waals surface area (Å²) in [7, 11) is 0. The van der Waals surface area contributed by atoms with E-state index in [4.69, 9.17) is 17.4 Å². The maximum atomic E-state index is 13.1. The van der Waals surface area contributed by atoms with E-state index in [0.29, 0.717) is 11.4 Å². The first-order chi connectivity index (χ1) is 9.11. The molecule has 0 amide bonds. The SMILES string of the molecule is Cc1cc(F)ccc1C(Cc1ccccc1Cl)NN. The summed E-state index contributed by atoms with van der Waals surface area (Å²) in [6.45, 7) is 1.87. The van der Waals surface area contributed by atoms with Gasteiger partial charge in [-0.2, -0.15) is 0 Å². The Morgan fingerprint density at radius 3 is 2.63 bits per heavy atom. The Morgan fingerprint density at radius 1 is 1.26 bits per heavy atom. The number of benzene rings is 2. The molecule has 100 valence electrons. The van der Waals surface area contributed by atoms with Crippen molar-refractivity contribution in [1.82, 2.24) is 5.43 Å². The van der Waals surface area contributed by atoms with Crippen molar-refractivity contribution in [2.24, 2.45) is 5.84 Å². The first-order valence-electron chi connectivity index (χ1n) is 6.07. The van der Waals surface area contributed by atoms with E-state index in [1.165, 1.54) is 12.1 Å². The number of nitrogens with one attached hydrogen (secondary N) is 1. The van der Waals surface area contributed by atoms with Crippen LogP contribution in [0.3, 0.4) is 0 Å². The molecule has 1 unspecified atom stereocenters. The molecule has 0 saturated carbocycles. The van der Waals surface area contributed by atoms with Gasteiger partial charge in [0.15, 0.2) is 0 Å². The third-order valence-electron chi connectivity index (χ3n) is 3.19. The Bertz CT molecular complexity index is 572. The van der Waals surface area contributed by atoms with Crippen LogP contribution in [0.2, 0.25) is 5.02 Å². The van der Waals surface area contributed by atoms with E-state index in [-0.39, 0.29) is 11.9 Å². The molecule has 0 spiro atoms. The molecule has 2 nitrogen and oxygen atoms in total. The molecule has 0 aliphatic rings. The molecule has 0 saturated heterocycles. The minimum atomic E-state index is -0.241. The molecule has 1 atom stereocenters. The standard InChI is InChI=1S/C15H16ClFN2/c1-10-8-12(17)6-7-13(10)15(19-18)9-11-4-2-3-5-14(11)16/h2-8,15,19H,9,18H2,1H3. The van der Waals surface area contributed by atoms with Crippen LogP contribution in [0.1, 0.15) is 22.7 Å². The van der Waals surface area contributed by atoms with Gasteiger partial charge < -0.3 is 0 Å². The number of hydrazine groups is 1. The Morgan fingerprint density at radius 2 is 2.00 bits per heavy atom. The fourth-order valence-electron chi connectivity index (χ4n) is 2.17. The Labute approximate surface area is 117 Å². The first-order valence-corrected chi connectivity index (χ1v) is 6.45. The van der Waals surface area contributed by atoms with Crippen molar-refractivity contribution >= 4 is 11.6 Å². The number of aryl methyl sites for hydroxylation is 1. The molecule has 2 aromatic rings. The van der Waals surface area contributed by atoms with Crippen molar-refractivity contribution in [3.05, 3.63) is 70.0 Å². The van der Waals surface area contributed by atoms with Crippen LogP contribution in [0.25, 0.3) is 0 Å². The smallest absolute Gasteiger partial charge is 0.123 e. The summed E-state index contributed by atoms with van der Waals surface area (Å²) in [6, 6.07) is 12.2. The average Bonchev–Trinajstić information content (AvgIpc) is 2.39. The molecule has 0 radical (unpaired) electrons. The molecule has 0 bridgehead atoms. The second kappa shape index (κ2) is 6.15. The van der Waals surface area contributed by atoms with Gasteiger partial charge in [-0.05, 0) is 48.2 Å². The van der Waals surface area contributed by atoms with Gasteiger partial charge in [0, 0.05) is 5.02 Å². The zero-order valence-corrected chi connectivity index (χ0v) is 11.4. The van der Waals surface area contributed by atoms with Gasteiger partial charge in [0.1, 0.15) is 5.82 Å². The van der Waals surface area contributed by atoms with E-state index in [9.17, 15) is 4.39 Å². The summed E-state index contributed by atoms with van der Waals surface area (Å²) in [5, 5.41) is 0.711. The number of nitrogens with two attached hydrogens (primary N) is 1. The van der Waals surface area contributed by atoms with E-state index in [1.807, 2.05) is 31.2 Å². The molecule has 2 aromatic carbocycles. The molecule has 0 aliphatic heterocycles. The molecular weight excluding hydrogens is 263 g/mol. The fourth-order valence-corrected chi connectivity index (χ4v) is 2.39. The lowest BCUT2D eigenvalue weighted by atomic mass is 9.96. The molecule has 0 aromatic heterocycles. The lowest BCUT2D eigenvalue weighted by Crippen LogP contribution is -2.30. The number of rotatable bonds is 4. The van der Waals surface area contributed by atoms with Crippen molar-refractivity contribution in [2.75, 3.05) is 0 Å². The monoisotopic (exact) mass is 278 g/mol. The van der Waals surface area contributed by atoms with Crippen LogP contribution in [-0.4, -0.2) is 0 Å². The third-order valence-corrected chi connectivity index (χ3v) is 3.56. The van der Waals surface area contributed by atoms with Crippen LogP contribution in [0.4, 0.5) is 4.39 Å². The van der Waals surface area contributed by atoms with E-state index in [0.717, 1.165) is 16.7 Å². The largest absolute Gasteiger partial charge is 0.271 e. The Balaban J connectivity index is 2.28. The lowest BCUT2D eigenvalue weighted by molar-refractivity contribution is 0.546. The van der Waals surface area contributed by atoms with Gasteiger partial charge in [0.05, 0.1) is 6.04 Å². The van der Waals surface area contributed by atoms with Gasteiger partial charge in [0.25, 0.3) is 0 Å².